The Morgan fingerprint density at radius 1 is 1.28 bits per heavy atom. The third kappa shape index (κ3) is 4.92. The Bertz CT molecular complexity index is 447. The topological polar surface area (TPSA) is 46.5 Å². The van der Waals surface area contributed by atoms with Crippen LogP contribution in [0.15, 0.2) is 34.7 Å². The molecular weight excluding hydrogens is 246 g/mol. The van der Waals surface area contributed by atoms with Gasteiger partial charge >= 0.3 is 0 Å². The van der Waals surface area contributed by atoms with Gasteiger partial charge in [0.05, 0.1) is 4.75 Å². The average molecular weight is 265 g/mol. The van der Waals surface area contributed by atoms with Crippen molar-refractivity contribution in [3.63, 3.8) is 0 Å². The lowest BCUT2D eigenvalue weighted by atomic mass is 10.1. The minimum absolute atomic E-state index is 0.0867. The summed E-state index contributed by atoms with van der Waals surface area (Å²) in [7, 11) is -1.24. The number of hydrogen-bond donors (Lipinski definition) is 0. The molecule has 98 valence electrons. The summed E-state index contributed by atoms with van der Waals surface area (Å²) in [4.78, 5) is 11.7. The summed E-state index contributed by atoms with van der Waals surface area (Å²) >= 11 is 0. The van der Waals surface area contributed by atoms with Crippen molar-refractivity contribution < 1.29 is 9.00 Å². The van der Waals surface area contributed by atoms with Crippen LogP contribution in [-0.4, -0.2) is 21.0 Å². The minimum Gasteiger partial charge on any atom is -0.294 e. The number of carbonyl (C=O) groups is 1. The molecule has 1 aromatic carbocycles. The van der Waals surface area contributed by atoms with Crippen molar-refractivity contribution in [1.82, 2.24) is 0 Å². The van der Waals surface area contributed by atoms with Gasteiger partial charge in [0.15, 0.2) is 5.78 Å². The SMILES string of the molecule is CC(C)(C)[S@@](=O)/N=C/CCC(=O)c1ccccc1. The zero-order chi connectivity index (χ0) is 13.6. The second-order valence-corrected chi connectivity index (χ2v) is 6.91. The highest BCUT2D eigenvalue weighted by Crippen LogP contribution is 2.12. The van der Waals surface area contributed by atoms with Crippen LogP contribution in [0.2, 0.25) is 0 Å². The van der Waals surface area contributed by atoms with E-state index in [4.69, 9.17) is 0 Å². The summed E-state index contributed by atoms with van der Waals surface area (Å²) in [6, 6.07) is 9.16. The molecule has 0 saturated carbocycles. The Balaban J connectivity index is 2.41. The summed E-state index contributed by atoms with van der Waals surface area (Å²) in [5.74, 6) is 0.0867. The zero-order valence-electron chi connectivity index (χ0n) is 11.1. The fraction of sp³-hybridized carbons (Fsp3) is 0.429. The van der Waals surface area contributed by atoms with E-state index < -0.39 is 11.0 Å². The first-order valence-electron chi connectivity index (χ1n) is 5.94. The summed E-state index contributed by atoms with van der Waals surface area (Å²) in [6.07, 6.45) is 2.51. The maximum atomic E-state index is 11.7. The lowest BCUT2D eigenvalue weighted by Gasteiger charge is -2.12. The molecule has 1 aromatic rings. The van der Waals surface area contributed by atoms with Gasteiger partial charge in [0.1, 0.15) is 11.0 Å². The number of nitrogens with zero attached hydrogens (tertiary/aromatic N) is 1. The van der Waals surface area contributed by atoms with Crippen molar-refractivity contribution in [2.24, 2.45) is 4.40 Å². The predicted molar refractivity (Wildman–Crippen MR) is 76.4 cm³/mol. The quantitative estimate of drug-likeness (QED) is 0.606. The number of carbonyl (C=O) groups excluding carboxylic acids is 1. The Morgan fingerprint density at radius 3 is 2.44 bits per heavy atom. The predicted octanol–water partition coefficient (Wildman–Crippen LogP) is 3.18. The fourth-order valence-electron chi connectivity index (χ4n) is 1.24. The van der Waals surface area contributed by atoms with Crippen LogP contribution >= 0.6 is 0 Å². The highest BCUT2D eigenvalue weighted by Gasteiger charge is 2.17. The van der Waals surface area contributed by atoms with Gasteiger partial charge in [-0.1, -0.05) is 30.3 Å². The van der Waals surface area contributed by atoms with Gasteiger partial charge in [0.25, 0.3) is 0 Å². The Kier molecular flexibility index (Phi) is 5.41. The highest BCUT2D eigenvalue weighted by molar-refractivity contribution is 7.85. The van der Waals surface area contributed by atoms with Gasteiger partial charge in [-0.25, -0.2) is 4.21 Å². The molecule has 0 fully saturated rings. The van der Waals surface area contributed by atoms with Crippen molar-refractivity contribution in [3.8, 4) is 0 Å². The van der Waals surface area contributed by atoms with E-state index in [9.17, 15) is 9.00 Å². The largest absolute Gasteiger partial charge is 0.294 e. The van der Waals surface area contributed by atoms with E-state index in [1.54, 1.807) is 18.3 Å². The highest BCUT2D eigenvalue weighted by atomic mass is 32.2. The Morgan fingerprint density at radius 2 is 1.89 bits per heavy atom. The lowest BCUT2D eigenvalue weighted by molar-refractivity contribution is 0.0985. The molecule has 4 heteroatoms. The van der Waals surface area contributed by atoms with Crippen LogP contribution in [0.25, 0.3) is 0 Å². The van der Waals surface area contributed by atoms with Gasteiger partial charge in [-0.05, 0) is 27.2 Å². The molecule has 0 amide bonds. The summed E-state index contributed by atoms with van der Waals surface area (Å²) in [5.41, 5.74) is 0.711. The molecule has 3 nitrogen and oxygen atoms in total. The molecule has 0 aliphatic heterocycles. The average Bonchev–Trinajstić information content (AvgIpc) is 2.34. The molecule has 0 spiro atoms. The monoisotopic (exact) mass is 265 g/mol. The third-order valence-corrected chi connectivity index (χ3v) is 3.68. The number of ketones is 1. The first-order valence-corrected chi connectivity index (χ1v) is 7.04. The number of Topliss-reactive ketones (excluding diaryl/α,β-unsaturated/α-hetero) is 1. The maximum Gasteiger partial charge on any atom is 0.163 e. The van der Waals surface area contributed by atoms with Crippen molar-refractivity contribution >= 4 is 23.0 Å². The number of benzene rings is 1. The van der Waals surface area contributed by atoms with E-state index in [1.165, 1.54) is 0 Å². The first-order chi connectivity index (χ1) is 8.41. The maximum absolute atomic E-state index is 11.7. The number of rotatable bonds is 5. The molecule has 0 saturated heterocycles. The molecular formula is C14H19NO2S. The van der Waals surface area contributed by atoms with Crippen LogP contribution in [0.4, 0.5) is 0 Å². The molecule has 18 heavy (non-hydrogen) atoms. The molecule has 0 N–H and O–H groups in total. The van der Waals surface area contributed by atoms with E-state index >= 15 is 0 Å². The van der Waals surface area contributed by atoms with Gasteiger partial charge < -0.3 is 0 Å². The van der Waals surface area contributed by atoms with Crippen molar-refractivity contribution in [2.45, 2.75) is 38.4 Å². The van der Waals surface area contributed by atoms with Crippen LogP contribution in [-0.2, 0) is 11.0 Å². The number of hydrogen-bond acceptors (Lipinski definition) is 2. The molecule has 1 rings (SSSR count). The van der Waals surface area contributed by atoms with E-state index in [0.29, 0.717) is 18.4 Å². The summed E-state index contributed by atoms with van der Waals surface area (Å²) < 4.78 is 15.2. The zero-order valence-corrected chi connectivity index (χ0v) is 11.9. The van der Waals surface area contributed by atoms with Gasteiger partial charge in [0.2, 0.25) is 0 Å². The Labute approximate surface area is 111 Å². The van der Waals surface area contributed by atoms with Gasteiger partial charge in [-0.15, -0.1) is 0 Å². The Hall–Kier alpha value is -1.29. The van der Waals surface area contributed by atoms with E-state index in [2.05, 4.69) is 4.40 Å². The van der Waals surface area contributed by atoms with E-state index in [-0.39, 0.29) is 10.5 Å². The van der Waals surface area contributed by atoms with Crippen molar-refractivity contribution in [3.05, 3.63) is 35.9 Å². The molecule has 1 atom stereocenters. The second-order valence-electron chi connectivity index (χ2n) is 4.98. The molecule has 0 bridgehead atoms. The van der Waals surface area contributed by atoms with Crippen LogP contribution in [0, 0.1) is 0 Å². The smallest absolute Gasteiger partial charge is 0.163 e. The van der Waals surface area contributed by atoms with Gasteiger partial charge in [0, 0.05) is 18.2 Å². The van der Waals surface area contributed by atoms with Crippen LogP contribution < -0.4 is 0 Å². The molecule has 0 aliphatic rings. The normalized spacial score (nSPS) is 13.7. The molecule has 0 radical (unpaired) electrons. The molecule has 0 unspecified atom stereocenters. The van der Waals surface area contributed by atoms with Crippen LogP contribution in [0.3, 0.4) is 0 Å². The van der Waals surface area contributed by atoms with Gasteiger partial charge in [-0.2, -0.15) is 4.40 Å². The standard InChI is InChI=1S/C14H19NO2S/c1-14(2,3)18(17)15-11-7-10-13(16)12-8-5-4-6-9-12/h4-6,8-9,11H,7,10H2,1-3H3/b15-11+/t18-/m1/s1. The summed E-state index contributed by atoms with van der Waals surface area (Å²) in [6.45, 7) is 5.61. The van der Waals surface area contributed by atoms with Crippen molar-refractivity contribution in [2.75, 3.05) is 0 Å². The first kappa shape index (κ1) is 14.8. The molecule has 0 heterocycles. The van der Waals surface area contributed by atoms with Crippen molar-refractivity contribution in [1.29, 1.82) is 0 Å². The lowest BCUT2D eigenvalue weighted by Crippen LogP contribution is -2.19. The van der Waals surface area contributed by atoms with E-state index in [0.717, 1.165) is 0 Å². The second kappa shape index (κ2) is 6.59. The van der Waals surface area contributed by atoms with Crippen LogP contribution in [0.5, 0.6) is 0 Å². The molecule has 0 aromatic heterocycles. The summed E-state index contributed by atoms with van der Waals surface area (Å²) in [5, 5.41) is 0. The van der Waals surface area contributed by atoms with E-state index in [1.807, 2.05) is 39.0 Å². The van der Waals surface area contributed by atoms with Crippen LogP contribution in [0.1, 0.15) is 44.0 Å². The minimum atomic E-state index is -1.24. The third-order valence-electron chi connectivity index (χ3n) is 2.29. The molecule has 0 aliphatic carbocycles. The van der Waals surface area contributed by atoms with Gasteiger partial charge in [-0.3, -0.25) is 4.79 Å². The fourth-order valence-corrected chi connectivity index (χ4v) is 1.80.